The summed E-state index contributed by atoms with van der Waals surface area (Å²) in [6, 6.07) is 9.98. The third-order valence-corrected chi connectivity index (χ3v) is 2.30. The van der Waals surface area contributed by atoms with Gasteiger partial charge in [-0.15, -0.1) is 5.10 Å². The molecule has 0 unspecified atom stereocenters. The second-order valence-electron chi connectivity index (χ2n) is 2.33. The average molecular weight is 271 g/mol. The smallest absolute Gasteiger partial charge is 0.151 e. The van der Waals surface area contributed by atoms with Crippen molar-refractivity contribution in [1.82, 2.24) is 15.4 Å². The van der Waals surface area contributed by atoms with Crippen LogP contribution in [0.15, 0.2) is 30.3 Å². The van der Waals surface area contributed by atoms with E-state index in [0.29, 0.717) is 0 Å². The van der Waals surface area contributed by atoms with Gasteiger partial charge in [0.1, 0.15) is 5.69 Å². The Labute approximate surface area is 83.3 Å². The van der Waals surface area contributed by atoms with Crippen molar-refractivity contribution >= 4 is 22.6 Å². The maximum Gasteiger partial charge on any atom is 0.151 e. The topological polar surface area (TPSA) is 41.6 Å². The fourth-order valence-corrected chi connectivity index (χ4v) is 1.54. The third-order valence-electron chi connectivity index (χ3n) is 1.55. The lowest BCUT2D eigenvalue weighted by Gasteiger charge is -1.93. The summed E-state index contributed by atoms with van der Waals surface area (Å²) in [4.78, 5) is 0. The number of benzene rings is 1. The maximum atomic E-state index is 4.04. The molecule has 0 saturated heterocycles. The summed E-state index contributed by atoms with van der Waals surface area (Å²) >= 11 is 2.15. The first-order valence-corrected chi connectivity index (χ1v) is 4.57. The number of hydrogen-bond acceptors (Lipinski definition) is 2. The molecule has 0 radical (unpaired) electrons. The summed E-state index contributed by atoms with van der Waals surface area (Å²) in [6.07, 6.45) is 0. The van der Waals surface area contributed by atoms with Crippen molar-refractivity contribution in [2.75, 3.05) is 0 Å². The van der Waals surface area contributed by atoms with E-state index in [4.69, 9.17) is 0 Å². The maximum absolute atomic E-state index is 4.04. The molecule has 0 atom stereocenters. The van der Waals surface area contributed by atoms with Crippen LogP contribution in [0.1, 0.15) is 0 Å². The van der Waals surface area contributed by atoms with Gasteiger partial charge >= 0.3 is 0 Å². The molecule has 0 fully saturated rings. The fourth-order valence-electron chi connectivity index (χ4n) is 0.998. The van der Waals surface area contributed by atoms with Crippen molar-refractivity contribution in [2.24, 2.45) is 0 Å². The molecule has 12 heavy (non-hydrogen) atoms. The highest BCUT2D eigenvalue weighted by Gasteiger charge is 2.05. The number of aromatic nitrogens is 3. The van der Waals surface area contributed by atoms with E-state index >= 15 is 0 Å². The Bertz CT molecular complexity index is 369. The Kier molecular flexibility index (Phi) is 2.07. The van der Waals surface area contributed by atoms with E-state index in [-0.39, 0.29) is 0 Å². The number of rotatable bonds is 1. The van der Waals surface area contributed by atoms with Crippen LogP contribution in [-0.2, 0) is 0 Å². The van der Waals surface area contributed by atoms with Crippen LogP contribution in [0.4, 0.5) is 0 Å². The number of nitrogens with one attached hydrogen (secondary N) is 1. The minimum Gasteiger partial charge on any atom is -0.196 e. The predicted octanol–water partition coefficient (Wildman–Crippen LogP) is 2.08. The van der Waals surface area contributed by atoms with Crippen LogP contribution < -0.4 is 0 Å². The zero-order valence-electron chi connectivity index (χ0n) is 6.16. The average Bonchev–Trinajstić information content (AvgIpc) is 2.53. The quantitative estimate of drug-likeness (QED) is 0.807. The van der Waals surface area contributed by atoms with Gasteiger partial charge in [-0.1, -0.05) is 30.3 Å². The van der Waals surface area contributed by atoms with Crippen molar-refractivity contribution in [3.8, 4) is 11.3 Å². The van der Waals surface area contributed by atoms with Crippen LogP contribution in [0.3, 0.4) is 0 Å². The zero-order valence-corrected chi connectivity index (χ0v) is 8.32. The van der Waals surface area contributed by atoms with E-state index in [1.165, 1.54) is 0 Å². The number of hydrogen-bond donors (Lipinski definition) is 1. The molecule has 1 heterocycles. The van der Waals surface area contributed by atoms with Gasteiger partial charge in [0.25, 0.3) is 0 Å². The Balaban J connectivity index is 2.51. The minimum atomic E-state index is 0.902. The second kappa shape index (κ2) is 3.22. The molecule has 1 aromatic carbocycles. The number of aromatic amines is 1. The summed E-state index contributed by atoms with van der Waals surface area (Å²) in [5, 5.41) is 10.6. The lowest BCUT2D eigenvalue weighted by molar-refractivity contribution is 0.935. The molecule has 0 aliphatic heterocycles. The Morgan fingerprint density at radius 3 is 2.42 bits per heavy atom. The Morgan fingerprint density at radius 2 is 1.83 bits per heavy atom. The summed E-state index contributed by atoms with van der Waals surface area (Å²) in [5.74, 6) is 0. The van der Waals surface area contributed by atoms with Crippen LogP contribution in [0.5, 0.6) is 0 Å². The van der Waals surface area contributed by atoms with Gasteiger partial charge in [-0.25, -0.2) is 0 Å². The molecule has 0 saturated carbocycles. The van der Waals surface area contributed by atoms with Crippen LogP contribution in [0, 0.1) is 3.70 Å². The van der Waals surface area contributed by atoms with Crippen LogP contribution >= 0.6 is 22.6 Å². The molecule has 0 aliphatic rings. The largest absolute Gasteiger partial charge is 0.196 e. The molecule has 0 bridgehead atoms. The summed E-state index contributed by atoms with van der Waals surface area (Å²) in [5.41, 5.74) is 2.01. The van der Waals surface area contributed by atoms with Crippen molar-refractivity contribution in [3.63, 3.8) is 0 Å². The molecule has 60 valence electrons. The second-order valence-corrected chi connectivity index (χ2v) is 3.35. The van der Waals surface area contributed by atoms with Crippen molar-refractivity contribution in [2.45, 2.75) is 0 Å². The van der Waals surface area contributed by atoms with Gasteiger partial charge in [-0.05, 0) is 22.6 Å². The molecular formula is C8H6IN3. The molecule has 2 rings (SSSR count). The number of H-pyrrole nitrogens is 1. The Morgan fingerprint density at radius 1 is 1.08 bits per heavy atom. The summed E-state index contributed by atoms with van der Waals surface area (Å²) < 4.78 is 0.902. The molecule has 1 N–H and O–H groups in total. The molecular weight excluding hydrogens is 265 g/mol. The molecule has 0 spiro atoms. The highest BCUT2D eigenvalue weighted by molar-refractivity contribution is 14.1. The van der Waals surface area contributed by atoms with E-state index in [1.807, 2.05) is 30.3 Å². The third kappa shape index (κ3) is 1.34. The first-order chi connectivity index (χ1) is 5.88. The van der Waals surface area contributed by atoms with Crippen LogP contribution in [0.2, 0.25) is 0 Å². The highest BCUT2D eigenvalue weighted by atomic mass is 127. The van der Waals surface area contributed by atoms with Gasteiger partial charge in [0.05, 0.1) is 0 Å². The molecule has 3 nitrogen and oxygen atoms in total. The van der Waals surface area contributed by atoms with E-state index in [0.717, 1.165) is 15.0 Å². The van der Waals surface area contributed by atoms with Gasteiger partial charge < -0.3 is 0 Å². The molecule has 2 aromatic rings. The first kappa shape index (κ1) is 7.72. The SMILES string of the molecule is Ic1n[nH]nc1-c1ccccc1. The Hall–Kier alpha value is -0.910. The predicted molar refractivity (Wildman–Crippen MR) is 54.5 cm³/mol. The van der Waals surface area contributed by atoms with Gasteiger partial charge in [-0.3, -0.25) is 0 Å². The summed E-state index contributed by atoms with van der Waals surface area (Å²) in [6.45, 7) is 0. The lowest BCUT2D eigenvalue weighted by atomic mass is 10.2. The highest BCUT2D eigenvalue weighted by Crippen LogP contribution is 2.19. The molecule has 0 amide bonds. The zero-order chi connectivity index (χ0) is 8.39. The van der Waals surface area contributed by atoms with Crippen LogP contribution in [-0.4, -0.2) is 15.4 Å². The molecule has 4 heteroatoms. The van der Waals surface area contributed by atoms with Crippen molar-refractivity contribution < 1.29 is 0 Å². The van der Waals surface area contributed by atoms with E-state index in [9.17, 15) is 0 Å². The van der Waals surface area contributed by atoms with E-state index < -0.39 is 0 Å². The lowest BCUT2D eigenvalue weighted by Crippen LogP contribution is -1.79. The van der Waals surface area contributed by atoms with Crippen molar-refractivity contribution in [1.29, 1.82) is 0 Å². The van der Waals surface area contributed by atoms with E-state index in [2.05, 4.69) is 38.0 Å². The minimum absolute atomic E-state index is 0.902. The summed E-state index contributed by atoms with van der Waals surface area (Å²) in [7, 11) is 0. The van der Waals surface area contributed by atoms with Crippen molar-refractivity contribution in [3.05, 3.63) is 34.0 Å². The van der Waals surface area contributed by atoms with Gasteiger partial charge in [-0.2, -0.15) is 10.3 Å². The van der Waals surface area contributed by atoms with Crippen LogP contribution in [0.25, 0.3) is 11.3 Å². The van der Waals surface area contributed by atoms with Gasteiger partial charge in [0, 0.05) is 5.56 Å². The molecule has 0 aliphatic carbocycles. The fraction of sp³-hybridized carbons (Fsp3) is 0. The number of nitrogens with zero attached hydrogens (tertiary/aromatic N) is 2. The molecule has 1 aromatic heterocycles. The van der Waals surface area contributed by atoms with E-state index in [1.54, 1.807) is 0 Å². The standard InChI is InChI=1S/C8H6IN3/c9-8-7(10-12-11-8)6-4-2-1-3-5-6/h1-5H,(H,10,11,12). The van der Waals surface area contributed by atoms with Gasteiger partial charge in [0.2, 0.25) is 0 Å². The first-order valence-electron chi connectivity index (χ1n) is 3.49. The monoisotopic (exact) mass is 271 g/mol. The normalized spacial score (nSPS) is 10.1. The van der Waals surface area contributed by atoms with Gasteiger partial charge in [0.15, 0.2) is 3.70 Å². The number of halogens is 1.